The molecule has 0 aliphatic heterocycles. The normalized spacial score (nSPS) is 11.6. The zero-order valence-corrected chi connectivity index (χ0v) is 25.5. The van der Waals surface area contributed by atoms with Crippen molar-refractivity contribution in [3.05, 3.63) is 130 Å². The number of nitro benzene ring substituents is 1. The van der Waals surface area contributed by atoms with Gasteiger partial charge in [-0.1, -0.05) is 55.5 Å². The summed E-state index contributed by atoms with van der Waals surface area (Å²) in [5.41, 5.74) is 1.04. The lowest BCUT2D eigenvalue weighted by molar-refractivity contribution is -0.385. The third kappa shape index (κ3) is 9.04. The second-order valence-corrected chi connectivity index (χ2v) is 10.9. The highest BCUT2D eigenvalue weighted by Crippen LogP contribution is 2.30. The number of carbonyl (C=O) groups excluding carboxylic acids is 3. The molecular formula is C34H32N4O6S. The lowest BCUT2D eigenvalue weighted by atomic mass is 10.1. The molecule has 0 aliphatic rings. The Labute approximate surface area is 265 Å². The van der Waals surface area contributed by atoms with Crippen molar-refractivity contribution in [3.8, 4) is 5.75 Å². The summed E-state index contributed by atoms with van der Waals surface area (Å²) in [6.07, 6.45) is 1.81. The molecule has 4 rings (SSSR count). The number of amides is 3. The maximum Gasteiger partial charge on any atom is 0.276 e. The Hall–Kier alpha value is -5.42. The Bertz CT molecular complexity index is 1710. The Morgan fingerprint density at radius 1 is 0.889 bits per heavy atom. The highest BCUT2D eigenvalue weighted by molar-refractivity contribution is 8.00. The third-order valence-electron chi connectivity index (χ3n) is 6.44. The summed E-state index contributed by atoms with van der Waals surface area (Å²) in [7, 11) is 0. The molecule has 0 saturated heterocycles. The molecule has 0 heterocycles. The van der Waals surface area contributed by atoms with Crippen LogP contribution in [0.3, 0.4) is 0 Å². The van der Waals surface area contributed by atoms with Crippen molar-refractivity contribution < 1.29 is 24.0 Å². The first-order valence-corrected chi connectivity index (χ1v) is 15.1. The summed E-state index contributed by atoms with van der Waals surface area (Å²) < 4.78 is 5.62. The average molecular weight is 625 g/mol. The lowest BCUT2D eigenvalue weighted by Gasteiger charge is -2.17. The van der Waals surface area contributed by atoms with Crippen molar-refractivity contribution in [1.82, 2.24) is 5.32 Å². The highest BCUT2D eigenvalue weighted by atomic mass is 32.2. The number of nitro groups is 1. The molecule has 0 aliphatic carbocycles. The van der Waals surface area contributed by atoms with Crippen LogP contribution in [-0.4, -0.2) is 34.5 Å². The minimum Gasteiger partial charge on any atom is -0.492 e. The monoisotopic (exact) mass is 624 g/mol. The number of nitrogens with zero attached hydrogens (tertiary/aromatic N) is 1. The number of rotatable bonds is 13. The molecule has 230 valence electrons. The maximum absolute atomic E-state index is 13.5. The van der Waals surface area contributed by atoms with Crippen LogP contribution < -0.4 is 20.7 Å². The van der Waals surface area contributed by atoms with Crippen LogP contribution in [0.15, 0.2) is 114 Å². The molecule has 11 heteroatoms. The van der Waals surface area contributed by atoms with Crippen LogP contribution in [0.1, 0.15) is 36.2 Å². The van der Waals surface area contributed by atoms with Gasteiger partial charge in [0, 0.05) is 22.2 Å². The summed E-state index contributed by atoms with van der Waals surface area (Å²) in [5, 5.41) is 19.5. The van der Waals surface area contributed by atoms with Gasteiger partial charge in [-0.25, -0.2) is 0 Å². The van der Waals surface area contributed by atoms with Gasteiger partial charge in [0.05, 0.1) is 28.0 Å². The number of hydrogen-bond donors (Lipinski definition) is 3. The average Bonchev–Trinajstić information content (AvgIpc) is 3.05. The zero-order valence-electron chi connectivity index (χ0n) is 24.7. The third-order valence-corrected chi connectivity index (χ3v) is 7.80. The van der Waals surface area contributed by atoms with Crippen LogP contribution in [0.5, 0.6) is 5.75 Å². The molecule has 0 saturated carbocycles. The standard InChI is InChI=1S/C34H32N4O6S/c1-3-31(34(41)36-27-18-9-11-20-30(27)44-4-2)45-26-17-12-16-25(22-26)35-33(40)28(37-32(39)23-13-6-5-7-14-23)21-24-15-8-10-19-29(24)38(42)43/h5-22,31H,3-4H2,1-2H3,(H,35,40)(H,36,41)(H,37,39)/b28-21+. The summed E-state index contributed by atoms with van der Waals surface area (Å²) in [5.74, 6) is -0.844. The molecule has 0 radical (unpaired) electrons. The van der Waals surface area contributed by atoms with E-state index in [1.54, 1.807) is 66.7 Å². The number of nitrogens with one attached hydrogen (secondary N) is 3. The number of anilines is 2. The first kappa shape index (κ1) is 32.5. The van der Waals surface area contributed by atoms with Gasteiger partial charge in [0.2, 0.25) is 5.91 Å². The van der Waals surface area contributed by atoms with Crippen molar-refractivity contribution in [1.29, 1.82) is 0 Å². The minimum atomic E-state index is -0.683. The van der Waals surface area contributed by atoms with E-state index in [1.165, 1.54) is 36.0 Å². The summed E-state index contributed by atoms with van der Waals surface area (Å²) >= 11 is 1.34. The molecule has 4 aromatic rings. The quantitative estimate of drug-likeness (QED) is 0.0635. The maximum atomic E-state index is 13.5. The fourth-order valence-corrected chi connectivity index (χ4v) is 5.28. The Morgan fingerprint density at radius 3 is 2.33 bits per heavy atom. The first-order valence-electron chi connectivity index (χ1n) is 14.2. The predicted molar refractivity (Wildman–Crippen MR) is 176 cm³/mol. The number of ether oxygens (including phenoxy) is 1. The zero-order chi connectivity index (χ0) is 32.2. The summed E-state index contributed by atoms with van der Waals surface area (Å²) in [6.45, 7) is 4.25. The van der Waals surface area contributed by atoms with Crippen LogP contribution in [-0.2, 0) is 9.59 Å². The van der Waals surface area contributed by atoms with E-state index in [-0.39, 0.29) is 22.9 Å². The number of thioether (sulfide) groups is 1. The Morgan fingerprint density at radius 2 is 1.60 bits per heavy atom. The first-order chi connectivity index (χ1) is 21.8. The van der Waals surface area contributed by atoms with E-state index in [1.807, 2.05) is 32.0 Å². The number of carbonyl (C=O) groups is 3. The SMILES string of the molecule is CCOc1ccccc1NC(=O)C(CC)Sc1cccc(NC(=O)/C(=C\c2ccccc2[N+](=O)[O-])NC(=O)c2ccccc2)c1. The number of para-hydroxylation sites is 3. The van der Waals surface area contributed by atoms with Gasteiger partial charge in [-0.2, -0.15) is 0 Å². The van der Waals surface area contributed by atoms with Crippen molar-refractivity contribution in [2.75, 3.05) is 17.2 Å². The smallest absolute Gasteiger partial charge is 0.276 e. The molecule has 0 aromatic heterocycles. The van der Waals surface area contributed by atoms with Crippen LogP contribution in [0.2, 0.25) is 0 Å². The molecule has 0 fully saturated rings. The highest BCUT2D eigenvalue weighted by Gasteiger charge is 2.21. The lowest BCUT2D eigenvalue weighted by Crippen LogP contribution is -2.30. The summed E-state index contributed by atoms with van der Waals surface area (Å²) in [6, 6.07) is 28.4. The van der Waals surface area contributed by atoms with Gasteiger partial charge in [-0.05, 0) is 68.0 Å². The molecule has 1 unspecified atom stereocenters. The molecule has 3 amide bonds. The second kappa shape index (κ2) is 15.9. The van der Waals surface area contributed by atoms with Gasteiger partial charge >= 0.3 is 0 Å². The van der Waals surface area contributed by atoms with E-state index in [4.69, 9.17) is 4.74 Å². The molecule has 3 N–H and O–H groups in total. The van der Waals surface area contributed by atoms with Gasteiger partial charge < -0.3 is 20.7 Å². The van der Waals surface area contributed by atoms with Crippen LogP contribution >= 0.6 is 11.8 Å². The van der Waals surface area contributed by atoms with Crippen molar-refractivity contribution in [3.63, 3.8) is 0 Å². The van der Waals surface area contributed by atoms with E-state index in [9.17, 15) is 24.5 Å². The summed E-state index contributed by atoms with van der Waals surface area (Å²) in [4.78, 5) is 51.4. The van der Waals surface area contributed by atoms with E-state index in [2.05, 4.69) is 16.0 Å². The fraction of sp³-hybridized carbons (Fsp3) is 0.147. The van der Waals surface area contributed by atoms with E-state index < -0.39 is 22.0 Å². The molecule has 0 spiro atoms. The van der Waals surface area contributed by atoms with E-state index in [0.717, 1.165) is 4.90 Å². The molecule has 0 bridgehead atoms. The van der Waals surface area contributed by atoms with Crippen molar-refractivity contribution in [2.24, 2.45) is 0 Å². The van der Waals surface area contributed by atoms with Gasteiger partial charge in [0.25, 0.3) is 17.5 Å². The fourth-order valence-electron chi connectivity index (χ4n) is 4.27. The van der Waals surface area contributed by atoms with E-state index >= 15 is 0 Å². The van der Waals surface area contributed by atoms with Crippen LogP contribution in [0.4, 0.5) is 17.1 Å². The molecule has 45 heavy (non-hydrogen) atoms. The van der Waals surface area contributed by atoms with Crippen LogP contribution in [0, 0.1) is 10.1 Å². The molecule has 4 aromatic carbocycles. The predicted octanol–water partition coefficient (Wildman–Crippen LogP) is 6.91. The van der Waals surface area contributed by atoms with E-state index in [0.29, 0.717) is 35.7 Å². The van der Waals surface area contributed by atoms with Gasteiger partial charge in [0.1, 0.15) is 11.4 Å². The van der Waals surface area contributed by atoms with Gasteiger partial charge in [0.15, 0.2) is 0 Å². The molecule has 1 atom stereocenters. The molecular weight excluding hydrogens is 592 g/mol. The minimum absolute atomic E-state index is 0.146. The topological polar surface area (TPSA) is 140 Å². The largest absolute Gasteiger partial charge is 0.492 e. The van der Waals surface area contributed by atoms with Gasteiger partial charge in [-0.3, -0.25) is 24.5 Å². The van der Waals surface area contributed by atoms with Crippen molar-refractivity contribution in [2.45, 2.75) is 30.4 Å². The Balaban J connectivity index is 1.54. The second-order valence-electron chi connectivity index (χ2n) is 9.61. The Kier molecular flexibility index (Phi) is 11.5. The van der Waals surface area contributed by atoms with Crippen molar-refractivity contribution >= 4 is 52.6 Å². The number of hydrogen-bond acceptors (Lipinski definition) is 7. The van der Waals surface area contributed by atoms with Crippen LogP contribution in [0.25, 0.3) is 6.08 Å². The van der Waals surface area contributed by atoms with Gasteiger partial charge in [-0.15, -0.1) is 11.8 Å². The number of benzene rings is 4. The molecule has 10 nitrogen and oxygen atoms in total.